The molecule has 0 fully saturated rings. The lowest BCUT2D eigenvalue weighted by atomic mass is 10.2. The topological polar surface area (TPSA) is 111 Å². The van der Waals surface area contributed by atoms with Crippen LogP contribution in [0.15, 0.2) is 24.4 Å². The van der Waals surface area contributed by atoms with Gasteiger partial charge in [0.05, 0.1) is 13.3 Å². The molecule has 0 aliphatic rings. The number of carbonyl (C=O) groups is 1. The van der Waals surface area contributed by atoms with Crippen LogP contribution < -0.4 is 10.1 Å². The van der Waals surface area contributed by atoms with Gasteiger partial charge in [0.15, 0.2) is 11.5 Å². The van der Waals surface area contributed by atoms with E-state index >= 15 is 0 Å². The van der Waals surface area contributed by atoms with Crippen LogP contribution in [0.1, 0.15) is 15.9 Å². The molecule has 2 aromatic rings. The summed E-state index contributed by atoms with van der Waals surface area (Å²) < 4.78 is 4.91. The van der Waals surface area contributed by atoms with Gasteiger partial charge in [-0.05, 0) is 18.2 Å². The van der Waals surface area contributed by atoms with Crippen LogP contribution in [0, 0.1) is 11.3 Å². The number of rotatable bonds is 3. The van der Waals surface area contributed by atoms with Crippen LogP contribution in [0.4, 0.5) is 5.82 Å². The number of aromatic hydroxyl groups is 1. The van der Waals surface area contributed by atoms with Crippen molar-refractivity contribution in [1.29, 1.82) is 5.26 Å². The number of phenolic OH excluding ortho intramolecular Hbond substituents is 1. The predicted octanol–water partition coefficient (Wildman–Crippen LogP) is 1.25. The number of benzene rings is 1. The highest BCUT2D eigenvalue weighted by Gasteiger charge is 2.12. The van der Waals surface area contributed by atoms with Crippen molar-refractivity contribution >= 4 is 11.7 Å². The van der Waals surface area contributed by atoms with E-state index in [1.54, 1.807) is 0 Å². The van der Waals surface area contributed by atoms with Gasteiger partial charge >= 0.3 is 0 Å². The van der Waals surface area contributed by atoms with Crippen molar-refractivity contribution in [2.24, 2.45) is 0 Å². The zero-order chi connectivity index (χ0) is 13.8. The Morgan fingerprint density at radius 1 is 1.58 bits per heavy atom. The van der Waals surface area contributed by atoms with Crippen LogP contribution in [0.25, 0.3) is 0 Å². The second-order valence-electron chi connectivity index (χ2n) is 3.61. The summed E-state index contributed by atoms with van der Waals surface area (Å²) in [6, 6.07) is 6.08. The van der Waals surface area contributed by atoms with Crippen LogP contribution in [0.3, 0.4) is 0 Å². The number of nitrogens with one attached hydrogen (secondary N) is 2. The van der Waals surface area contributed by atoms with E-state index in [1.165, 1.54) is 31.5 Å². The third kappa shape index (κ3) is 2.47. The minimum Gasteiger partial charge on any atom is -0.504 e. The van der Waals surface area contributed by atoms with Gasteiger partial charge in [-0.1, -0.05) is 0 Å². The van der Waals surface area contributed by atoms with Crippen LogP contribution in [-0.2, 0) is 0 Å². The van der Waals surface area contributed by atoms with E-state index in [9.17, 15) is 9.90 Å². The van der Waals surface area contributed by atoms with Gasteiger partial charge in [0, 0.05) is 5.56 Å². The minimum atomic E-state index is -0.445. The van der Waals surface area contributed by atoms with Gasteiger partial charge in [-0.3, -0.25) is 9.89 Å². The summed E-state index contributed by atoms with van der Waals surface area (Å²) in [5, 5.41) is 26.9. The molecule has 96 valence electrons. The molecule has 0 spiro atoms. The second-order valence-corrected chi connectivity index (χ2v) is 3.61. The molecular weight excluding hydrogens is 248 g/mol. The molecule has 0 atom stereocenters. The number of methoxy groups -OCH3 is 1. The Balaban J connectivity index is 2.23. The molecule has 0 unspecified atom stereocenters. The molecule has 3 N–H and O–H groups in total. The fourth-order valence-electron chi connectivity index (χ4n) is 1.47. The molecule has 1 amide bonds. The summed E-state index contributed by atoms with van der Waals surface area (Å²) >= 11 is 0. The molecule has 0 saturated heterocycles. The summed E-state index contributed by atoms with van der Waals surface area (Å²) in [5.74, 6) is -0.0883. The van der Waals surface area contributed by atoms with E-state index in [2.05, 4.69) is 15.5 Å². The molecule has 1 aromatic heterocycles. The molecule has 2 rings (SSSR count). The van der Waals surface area contributed by atoms with Crippen molar-refractivity contribution < 1.29 is 14.6 Å². The first kappa shape index (κ1) is 12.4. The van der Waals surface area contributed by atoms with Crippen molar-refractivity contribution in [1.82, 2.24) is 10.2 Å². The maximum absolute atomic E-state index is 12.0. The largest absolute Gasteiger partial charge is 0.504 e. The average molecular weight is 258 g/mol. The highest BCUT2D eigenvalue weighted by molar-refractivity contribution is 6.04. The van der Waals surface area contributed by atoms with Gasteiger partial charge in [-0.15, -0.1) is 0 Å². The smallest absolute Gasteiger partial charge is 0.256 e. The molecule has 0 bridgehead atoms. The van der Waals surface area contributed by atoms with E-state index in [4.69, 9.17) is 10.00 Å². The Hall–Kier alpha value is -3.01. The lowest BCUT2D eigenvalue weighted by Gasteiger charge is -2.06. The van der Waals surface area contributed by atoms with Crippen molar-refractivity contribution in [3.63, 3.8) is 0 Å². The Morgan fingerprint density at radius 3 is 3.05 bits per heavy atom. The molecule has 0 aliphatic heterocycles. The number of aromatic nitrogens is 2. The summed E-state index contributed by atoms with van der Waals surface area (Å²) in [6.07, 6.45) is 1.31. The molecule has 0 radical (unpaired) electrons. The number of H-pyrrole nitrogens is 1. The summed E-state index contributed by atoms with van der Waals surface area (Å²) in [7, 11) is 1.39. The molecule has 7 heteroatoms. The number of hydrogen-bond donors (Lipinski definition) is 3. The van der Waals surface area contributed by atoms with Gasteiger partial charge in [-0.25, -0.2) is 0 Å². The third-order valence-electron chi connectivity index (χ3n) is 2.44. The fourth-order valence-corrected chi connectivity index (χ4v) is 1.47. The predicted molar refractivity (Wildman–Crippen MR) is 65.9 cm³/mol. The van der Waals surface area contributed by atoms with Crippen LogP contribution >= 0.6 is 0 Å². The summed E-state index contributed by atoms with van der Waals surface area (Å²) in [4.78, 5) is 12.0. The molecule has 1 heterocycles. The molecule has 7 nitrogen and oxygen atoms in total. The monoisotopic (exact) mass is 258 g/mol. The molecule has 0 aliphatic carbocycles. The average Bonchev–Trinajstić information content (AvgIpc) is 2.86. The third-order valence-corrected chi connectivity index (χ3v) is 2.44. The lowest BCUT2D eigenvalue weighted by molar-refractivity contribution is 0.102. The lowest BCUT2D eigenvalue weighted by Crippen LogP contribution is -2.13. The number of carbonyl (C=O) groups excluding carboxylic acids is 1. The molecule has 0 saturated carbocycles. The molecular formula is C12H10N4O3. The van der Waals surface area contributed by atoms with E-state index in [0.717, 1.165) is 0 Å². The van der Waals surface area contributed by atoms with Gasteiger partial charge in [0.2, 0.25) is 0 Å². The number of nitriles is 1. The number of aromatic amines is 1. The molecule has 19 heavy (non-hydrogen) atoms. The SMILES string of the molecule is COc1cc(C(=O)Nc2[nH]ncc2C#N)ccc1O. The van der Waals surface area contributed by atoms with E-state index in [-0.39, 0.29) is 28.4 Å². The van der Waals surface area contributed by atoms with Crippen LogP contribution in [0.5, 0.6) is 11.5 Å². The summed E-state index contributed by atoms with van der Waals surface area (Å²) in [6.45, 7) is 0. The first-order valence-corrected chi connectivity index (χ1v) is 5.27. The van der Waals surface area contributed by atoms with E-state index < -0.39 is 5.91 Å². The van der Waals surface area contributed by atoms with Crippen molar-refractivity contribution in [2.75, 3.05) is 12.4 Å². The normalized spacial score (nSPS) is 9.68. The van der Waals surface area contributed by atoms with Crippen molar-refractivity contribution in [3.8, 4) is 17.6 Å². The standard InChI is InChI=1S/C12H10N4O3/c1-19-10-4-7(2-3-9(10)17)12(18)15-11-8(5-13)6-14-16-11/h2-4,6,17H,1H3,(H2,14,15,16,18). The Labute approximate surface area is 108 Å². The Kier molecular flexibility index (Phi) is 3.34. The van der Waals surface area contributed by atoms with Crippen LogP contribution in [-0.4, -0.2) is 28.3 Å². The van der Waals surface area contributed by atoms with Crippen molar-refractivity contribution in [3.05, 3.63) is 35.5 Å². The molecule has 1 aromatic carbocycles. The van der Waals surface area contributed by atoms with E-state index in [0.29, 0.717) is 0 Å². The maximum Gasteiger partial charge on any atom is 0.256 e. The number of ether oxygens (including phenoxy) is 1. The Morgan fingerprint density at radius 2 is 2.37 bits per heavy atom. The number of amides is 1. The quantitative estimate of drug-likeness (QED) is 0.767. The van der Waals surface area contributed by atoms with Crippen LogP contribution in [0.2, 0.25) is 0 Å². The number of phenols is 1. The van der Waals surface area contributed by atoms with Crippen molar-refractivity contribution in [2.45, 2.75) is 0 Å². The van der Waals surface area contributed by atoms with Gasteiger partial charge < -0.3 is 15.2 Å². The second kappa shape index (κ2) is 5.10. The highest BCUT2D eigenvalue weighted by atomic mass is 16.5. The first-order chi connectivity index (χ1) is 9.15. The highest BCUT2D eigenvalue weighted by Crippen LogP contribution is 2.26. The Bertz CT molecular complexity index is 657. The minimum absolute atomic E-state index is 0.0571. The fraction of sp³-hybridized carbons (Fsp3) is 0.0833. The van der Waals surface area contributed by atoms with Gasteiger partial charge in [-0.2, -0.15) is 10.4 Å². The van der Waals surface area contributed by atoms with Gasteiger partial charge in [0.25, 0.3) is 5.91 Å². The number of anilines is 1. The summed E-state index contributed by atoms with van der Waals surface area (Å²) in [5.41, 5.74) is 0.521. The van der Waals surface area contributed by atoms with E-state index in [1.807, 2.05) is 6.07 Å². The number of hydrogen-bond acceptors (Lipinski definition) is 5. The zero-order valence-electron chi connectivity index (χ0n) is 9.97. The maximum atomic E-state index is 12.0. The zero-order valence-corrected chi connectivity index (χ0v) is 9.97. The number of nitrogens with zero attached hydrogens (tertiary/aromatic N) is 2. The first-order valence-electron chi connectivity index (χ1n) is 5.27. The van der Waals surface area contributed by atoms with Gasteiger partial charge in [0.1, 0.15) is 17.5 Å².